The summed E-state index contributed by atoms with van der Waals surface area (Å²) < 4.78 is 0. The monoisotopic (exact) mass is 301 g/mol. The van der Waals surface area contributed by atoms with Crippen LogP contribution in [0.4, 0.5) is 0 Å². The molecule has 0 aliphatic carbocycles. The molecule has 0 spiro atoms. The van der Waals surface area contributed by atoms with Crippen LogP contribution in [0.5, 0.6) is 0 Å². The van der Waals surface area contributed by atoms with Crippen LogP contribution in [-0.2, 0) is 6.54 Å². The fourth-order valence-electron chi connectivity index (χ4n) is 3.08. The van der Waals surface area contributed by atoms with Gasteiger partial charge in [-0.25, -0.2) is 4.98 Å². The van der Waals surface area contributed by atoms with E-state index in [-0.39, 0.29) is 0 Å². The van der Waals surface area contributed by atoms with Crippen LogP contribution >= 0.6 is 11.3 Å². The van der Waals surface area contributed by atoms with E-state index in [9.17, 15) is 0 Å². The number of hydrogen-bond acceptors (Lipinski definition) is 4. The first-order chi connectivity index (χ1) is 10.4. The topological polar surface area (TPSA) is 28.2 Å². The van der Waals surface area contributed by atoms with E-state index in [4.69, 9.17) is 0 Å². The van der Waals surface area contributed by atoms with Crippen molar-refractivity contribution >= 4 is 11.3 Å². The van der Waals surface area contributed by atoms with Crippen molar-refractivity contribution in [3.63, 3.8) is 0 Å². The number of aromatic nitrogens is 1. The fraction of sp³-hybridized carbons (Fsp3) is 0.471. The van der Waals surface area contributed by atoms with E-state index >= 15 is 0 Å². The Morgan fingerprint density at radius 3 is 2.90 bits per heavy atom. The lowest BCUT2D eigenvalue weighted by atomic mass is 10.00. The Labute approximate surface area is 131 Å². The van der Waals surface area contributed by atoms with E-state index in [1.165, 1.54) is 23.4 Å². The molecule has 0 radical (unpaired) electrons. The standard InChI is InChI=1S/C17H23N3S/c1-2-6-15-11-19-16(14-7-4-3-5-8-14)12-20(15)13-17-18-9-10-21-17/h3-5,7-10,15-16,19H,2,6,11-13H2,1H3. The lowest BCUT2D eigenvalue weighted by molar-refractivity contribution is 0.115. The zero-order valence-electron chi connectivity index (χ0n) is 12.5. The van der Waals surface area contributed by atoms with Crippen molar-refractivity contribution in [2.45, 2.75) is 38.4 Å². The van der Waals surface area contributed by atoms with E-state index in [0.29, 0.717) is 12.1 Å². The number of rotatable bonds is 5. The van der Waals surface area contributed by atoms with Crippen molar-refractivity contribution in [2.24, 2.45) is 0 Å². The molecule has 1 saturated heterocycles. The zero-order chi connectivity index (χ0) is 14.5. The molecule has 3 nitrogen and oxygen atoms in total. The Kier molecular flexibility index (Phi) is 5.01. The molecule has 3 rings (SSSR count). The molecule has 2 heterocycles. The van der Waals surface area contributed by atoms with Crippen LogP contribution in [0.15, 0.2) is 41.9 Å². The molecule has 0 saturated carbocycles. The third-order valence-electron chi connectivity index (χ3n) is 4.18. The van der Waals surface area contributed by atoms with Crippen LogP contribution in [0.3, 0.4) is 0 Å². The first-order valence-corrected chi connectivity index (χ1v) is 8.65. The number of benzene rings is 1. The Hall–Kier alpha value is -1.23. The lowest BCUT2D eigenvalue weighted by Gasteiger charge is -2.40. The second-order valence-corrected chi connectivity index (χ2v) is 6.65. The van der Waals surface area contributed by atoms with Gasteiger partial charge in [0.25, 0.3) is 0 Å². The maximum atomic E-state index is 4.46. The summed E-state index contributed by atoms with van der Waals surface area (Å²) in [6.45, 7) is 5.38. The number of thiazole rings is 1. The maximum absolute atomic E-state index is 4.46. The van der Waals surface area contributed by atoms with Gasteiger partial charge in [0.1, 0.15) is 5.01 Å². The van der Waals surface area contributed by atoms with Gasteiger partial charge in [-0.15, -0.1) is 11.3 Å². The molecule has 2 unspecified atom stereocenters. The first-order valence-electron chi connectivity index (χ1n) is 7.77. The predicted molar refractivity (Wildman–Crippen MR) is 88.4 cm³/mol. The van der Waals surface area contributed by atoms with Crippen molar-refractivity contribution < 1.29 is 0 Å². The Balaban J connectivity index is 1.72. The van der Waals surface area contributed by atoms with Crippen LogP contribution in [0.25, 0.3) is 0 Å². The van der Waals surface area contributed by atoms with Crippen LogP contribution in [0.1, 0.15) is 36.4 Å². The maximum Gasteiger partial charge on any atom is 0.107 e. The van der Waals surface area contributed by atoms with Crippen molar-refractivity contribution in [1.82, 2.24) is 15.2 Å². The minimum atomic E-state index is 0.430. The molecule has 2 aromatic rings. The quantitative estimate of drug-likeness (QED) is 0.916. The molecule has 0 amide bonds. The predicted octanol–water partition coefficient (Wildman–Crippen LogP) is 3.46. The normalized spacial score (nSPS) is 23.3. The number of piperazine rings is 1. The highest BCUT2D eigenvalue weighted by Crippen LogP contribution is 2.24. The molecule has 2 atom stereocenters. The van der Waals surface area contributed by atoms with Gasteiger partial charge in [0.2, 0.25) is 0 Å². The van der Waals surface area contributed by atoms with Gasteiger partial charge < -0.3 is 5.32 Å². The van der Waals surface area contributed by atoms with Crippen molar-refractivity contribution in [3.05, 3.63) is 52.5 Å². The van der Waals surface area contributed by atoms with Crippen LogP contribution < -0.4 is 5.32 Å². The number of nitrogens with one attached hydrogen (secondary N) is 1. The summed E-state index contributed by atoms with van der Waals surface area (Å²) in [5.41, 5.74) is 1.39. The number of hydrogen-bond donors (Lipinski definition) is 1. The largest absolute Gasteiger partial charge is 0.307 e. The third-order valence-corrected chi connectivity index (χ3v) is 4.94. The van der Waals surface area contributed by atoms with Crippen molar-refractivity contribution in [2.75, 3.05) is 13.1 Å². The molecule has 1 aromatic heterocycles. The zero-order valence-corrected chi connectivity index (χ0v) is 13.4. The molecule has 0 bridgehead atoms. The van der Waals surface area contributed by atoms with E-state index in [1.54, 1.807) is 11.3 Å². The third kappa shape index (κ3) is 3.70. The molecule has 1 aliphatic rings. The van der Waals surface area contributed by atoms with Crippen LogP contribution in [0, 0.1) is 0 Å². The Bertz CT molecular complexity index is 526. The summed E-state index contributed by atoms with van der Waals surface area (Å²) in [6.07, 6.45) is 4.39. The molecular formula is C17H23N3S. The van der Waals surface area contributed by atoms with Gasteiger partial charge in [0.15, 0.2) is 0 Å². The van der Waals surface area contributed by atoms with Gasteiger partial charge in [0, 0.05) is 36.8 Å². The smallest absolute Gasteiger partial charge is 0.107 e. The highest BCUT2D eigenvalue weighted by Gasteiger charge is 2.28. The van der Waals surface area contributed by atoms with E-state index in [1.807, 2.05) is 6.20 Å². The minimum Gasteiger partial charge on any atom is -0.307 e. The average Bonchev–Trinajstić information content (AvgIpc) is 3.03. The highest BCUT2D eigenvalue weighted by molar-refractivity contribution is 7.09. The summed E-state index contributed by atoms with van der Waals surface area (Å²) in [7, 11) is 0. The molecular weight excluding hydrogens is 278 g/mol. The van der Waals surface area contributed by atoms with Gasteiger partial charge in [-0.1, -0.05) is 43.7 Å². The van der Waals surface area contributed by atoms with Gasteiger partial charge in [0.05, 0.1) is 6.54 Å². The van der Waals surface area contributed by atoms with Gasteiger partial charge in [-0.05, 0) is 12.0 Å². The summed E-state index contributed by atoms with van der Waals surface area (Å²) in [5.74, 6) is 0. The van der Waals surface area contributed by atoms with Gasteiger partial charge >= 0.3 is 0 Å². The van der Waals surface area contributed by atoms with Crippen molar-refractivity contribution in [3.8, 4) is 0 Å². The minimum absolute atomic E-state index is 0.430. The van der Waals surface area contributed by atoms with Crippen LogP contribution in [0.2, 0.25) is 0 Å². The van der Waals surface area contributed by atoms with Gasteiger partial charge in [-0.2, -0.15) is 0 Å². The Morgan fingerprint density at radius 2 is 2.19 bits per heavy atom. The second kappa shape index (κ2) is 7.16. The number of nitrogens with zero attached hydrogens (tertiary/aromatic N) is 2. The summed E-state index contributed by atoms with van der Waals surface area (Å²) in [5, 5.41) is 7.02. The molecule has 1 N–H and O–H groups in total. The fourth-order valence-corrected chi connectivity index (χ4v) is 3.72. The van der Waals surface area contributed by atoms with Crippen molar-refractivity contribution in [1.29, 1.82) is 0 Å². The lowest BCUT2D eigenvalue weighted by Crippen LogP contribution is -2.52. The summed E-state index contributed by atoms with van der Waals surface area (Å²) in [4.78, 5) is 7.07. The molecule has 21 heavy (non-hydrogen) atoms. The second-order valence-electron chi connectivity index (χ2n) is 5.67. The molecule has 4 heteroatoms. The van der Waals surface area contributed by atoms with E-state index in [0.717, 1.165) is 19.6 Å². The summed E-state index contributed by atoms with van der Waals surface area (Å²) in [6, 6.07) is 11.8. The van der Waals surface area contributed by atoms with Crippen LogP contribution in [-0.4, -0.2) is 29.0 Å². The van der Waals surface area contributed by atoms with E-state index in [2.05, 4.69) is 57.8 Å². The summed E-state index contributed by atoms with van der Waals surface area (Å²) >= 11 is 1.76. The molecule has 112 valence electrons. The highest BCUT2D eigenvalue weighted by atomic mass is 32.1. The van der Waals surface area contributed by atoms with E-state index < -0.39 is 0 Å². The SMILES string of the molecule is CCCC1CNC(c2ccccc2)CN1Cc1nccs1. The Morgan fingerprint density at radius 1 is 1.33 bits per heavy atom. The molecule has 1 fully saturated rings. The average molecular weight is 301 g/mol. The molecule has 1 aliphatic heterocycles. The van der Waals surface area contributed by atoms with Gasteiger partial charge in [-0.3, -0.25) is 4.90 Å². The first kappa shape index (κ1) is 14.7. The molecule has 1 aromatic carbocycles.